The fraction of sp³-hybridized carbons (Fsp3) is 0.0952. The van der Waals surface area contributed by atoms with Gasteiger partial charge in [0, 0.05) is 36.0 Å². The summed E-state index contributed by atoms with van der Waals surface area (Å²) in [6, 6.07) is 12.6. The van der Waals surface area contributed by atoms with Crippen LogP contribution in [0.2, 0.25) is 0 Å². The van der Waals surface area contributed by atoms with Crippen molar-refractivity contribution >= 4 is 11.4 Å². The Balaban J connectivity index is 1.91. The van der Waals surface area contributed by atoms with E-state index in [1.54, 1.807) is 35.9 Å². The van der Waals surface area contributed by atoms with Gasteiger partial charge in [-0.15, -0.1) is 0 Å². The van der Waals surface area contributed by atoms with Gasteiger partial charge in [0.2, 0.25) is 0 Å². The van der Waals surface area contributed by atoms with E-state index in [0.717, 1.165) is 22.4 Å². The Morgan fingerprint density at radius 2 is 1.88 bits per heavy atom. The monoisotopic (exact) mass is 345 g/mol. The maximum absolute atomic E-state index is 13.6. The van der Waals surface area contributed by atoms with Gasteiger partial charge in [-0.2, -0.15) is 0 Å². The maximum atomic E-state index is 13.6. The number of ketones is 1. The minimum atomic E-state index is -0.239. The molecule has 3 aromatic heterocycles. The number of carbonyl (C=O) groups excluding carboxylic acids is 1. The summed E-state index contributed by atoms with van der Waals surface area (Å²) in [6.45, 7) is 3.26. The summed E-state index contributed by atoms with van der Waals surface area (Å²) in [6.07, 6.45) is 5.18. The highest BCUT2D eigenvalue weighted by Crippen LogP contribution is 2.31. The second-order valence-corrected chi connectivity index (χ2v) is 6.21. The van der Waals surface area contributed by atoms with Crippen molar-refractivity contribution in [1.29, 1.82) is 0 Å². The molecule has 1 aromatic carbocycles. The predicted molar refractivity (Wildman–Crippen MR) is 98.6 cm³/mol. The van der Waals surface area contributed by atoms with Crippen LogP contribution in [0.4, 0.5) is 4.39 Å². The molecule has 0 aliphatic heterocycles. The van der Waals surface area contributed by atoms with Crippen molar-refractivity contribution in [1.82, 2.24) is 14.4 Å². The lowest BCUT2D eigenvalue weighted by molar-refractivity contribution is 0.101. The number of halogens is 1. The van der Waals surface area contributed by atoms with Crippen LogP contribution in [0.5, 0.6) is 0 Å². The van der Waals surface area contributed by atoms with Crippen LogP contribution in [0.1, 0.15) is 23.0 Å². The Bertz CT molecular complexity index is 1150. The molecule has 4 aromatic rings. The van der Waals surface area contributed by atoms with Gasteiger partial charge < -0.3 is 0 Å². The molecular weight excluding hydrogens is 329 g/mol. The molecule has 128 valence electrons. The third kappa shape index (κ3) is 2.67. The number of hydrogen-bond acceptors (Lipinski definition) is 3. The molecule has 0 radical (unpaired) electrons. The Labute approximate surface area is 150 Å². The van der Waals surface area contributed by atoms with Crippen LogP contribution in [0, 0.1) is 12.7 Å². The molecule has 0 saturated heterocycles. The minimum absolute atomic E-state index is 0.0461. The SMILES string of the molecule is CC(=O)c1cnc2ccc(-c3cccnc3-c3ccc(F)c(C)c3)cn12. The number of Topliss-reactive ketones (excluding diaryl/α,β-unsaturated/α-hetero) is 1. The highest BCUT2D eigenvalue weighted by Gasteiger charge is 2.13. The predicted octanol–water partition coefficient (Wildman–Crippen LogP) is 4.71. The molecule has 0 amide bonds. The Morgan fingerprint density at radius 3 is 2.65 bits per heavy atom. The van der Waals surface area contributed by atoms with Crippen molar-refractivity contribution < 1.29 is 9.18 Å². The summed E-state index contributed by atoms with van der Waals surface area (Å²) in [5.41, 5.74) is 5.23. The number of fused-ring (bicyclic) bond motifs is 1. The first-order valence-corrected chi connectivity index (χ1v) is 8.24. The summed E-state index contributed by atoms with van der Waals surface area (Å²) < 4.78 is 15.4. The van der Waals surface area contributed by atoms with Crippen LogP contribution >= 0.6 is 0 Å². The minimum Gasteiger partial charge on any atom is -0.296 e. The summed E-state index contributed by atoms with van der Waals surface area (Å²) in [4.78, 5) is 20.6. The molecule has 0 bridgehead atoms. The standard InChI is InChI=1S/C21H16FN3O/c1-13-10-15(5-7-18(13)22)21-17(4-3-9-23-21)16-6-8-20-24-11-19(14(2)26)25(20)12-16/h3-12H,1-2H3. The molecule has 3 heterocycles. The van der Waals surface area contributed by atoms with Gasteiger partial charge in [-0.25, -0.2) is 9.37 Å². The molecule has 0 fully saturated rings. The first-order valence-electron chi connectivity index (χ1n) is 8.24. The summed E-state index contributed by atoms with van der Waals surface area (Å²) in [5, 5.41) is 0. The van der Waals surface area contributed by atoms with E-state index in [9.17, 15) is 9.18 Å². The zero-order valence-electron chi connectivity index (χ0n) is 14.4. The smallest absolute Gasteiger partial charge is 0.178 e. The van der Waals surface area contributed by atoms with Crippen molar-refractivity contribution in [3.63, 3.8) is 0 Å². The second kappa shape index (κ2) is 6.19. The van der Waals surface area contributed by atoms with Gasteiger partial charge in [-0.3, -0.25) is 14.2 Å². The molecule has 0 aliphatic rings. The largest absolute Gasteiger partial charge is 0.296 e. The van der Waals surface area contributed by atoms with Crippen LogP contribution in [-0.4, -0.2) is 20.2 Å². The number of aryl methyl sites for hydroxylation is 1. The van der Waals surface area contributed by atoms with Crippen molar-refractivity contribution in [3.8, 4) is 22.4 Å². The molecule has 0 N–H and O–H groups in total. The van der Waals surface area contributed by atoms with E-state index < -0.39 is 0 Å². The number of imidazole rings is 1. The molecule has 0 aliphatic carbocycles. The average molecular weight is 345 g/mol. The maximum Gasteiger partial charge on any atom is 0.178 e. The van der Waals surface area contributed by atoms with Gasteiger partial charge in [-0.1, -0.05) is 6.07 Å². The molecule has 4 nitrogen and oxygen atoms in total. The van der Waals surface area contributed by atoms with E-state index in [1.807, 2.05) is 30.5 Å². The van der Waals surface area contributed by atoms with Gasteiger partial charge in [0.1, 0.15) is 17.2 Å². The average Bonchev–Trinajstić information content (AvgIpc) is 3.07. The second-order valence-electron chi connectivity index (χ2n) is 6.21. The molecule has 5 heteroatoms. The molecule has 26 heavy (non-hydrogen) atoms. The third-order valence-electron chi connectivity index (χ3n) is 4.42. The zero-order valence-corrected chi connectivity index (χ0v) is 14.4. The quantitative estimate of drug-likeness (QED) is 0.505. The van der Waals surface area contributed by atoms with Gasteiger partial charge in [0.25, 0.3) is 0 Å². The van der Waals surface area contributed by atoms with Crippen molar-refractivity contribution in [3.05, 3.63) is 78.1 Å². The van der Waals surface area contributed by atoms with E-state index in [4.69, 9.17) is 0 Å². The summed E-state index contributed by atoms with van der Waals surface area (Å²) >= 11 is 0. The molecular formula is C21H16FN3O. The lowest BCUT2D eigenvalue weighted by atomic mass is 9.99. The summed E-state index contributed by atoms with van der Waals surface area (Å²) in [5.74, 6) is -0.285. The van der Waals surface area contributed by atoms with Crippen LogP contribution in [0.25, 0.3) is 28.0 Å². The number of carbonyl (C=O) groups is 1. The van der Waals surface area contributed by atoms with Gasteiger partial charge in [0.05, 0.1) is 11.9 Å². The van der Waals surface area contributed by atoms with Crippen LogP contribution in [0.15, 0.2) is 61.1 Å². The summed E-state index contributed by atoms with van der Waals surface area (Å²) in [7, 11) is 0. The normalized spacial score (nSPS) is 11.0. The lowest BCUT2D eigenvalue weighted by Gasteiger charge is -2.11. The highest BCUT2D eigenvalue weighted by atomic mass is 19.1. The Kier molecular flexibility index (Phi) is 3.84. The fourth-order valence-corrected chi connectivity index (χ4v) is 3.06. The topological polar surface area (TPSA) is 47.3 Å². The first-order chi connectivity index (χ1) is 12.5. The van der Waals surface area contributed by atoms with E-state index >= 15 is 0 Å². The molecule has 0 unspecified atom stereocenters. The number of aromatic nitrogens is 3. The van der Waals surface area contributed by atoms with Crippen molar-refractivity contribution in [2.24, 2.45) is 0 Å². The molecule has 0 atom stereocenters. The number of benzene rings is 1. The zero-order chi connectivity index (χ0) is 18.3. The van der Waals surface area contributed by atoms with E-state index in [0.29, 0.717) is 16.9 Å². The molecule has 4 rings (SSSR count). The molecule has 0 spiro atoms. The number of pyridine rings is 2. The molecule has 0 saturated carbocycles. The van der Waals surface area contributed by atoms with E-state index in [-0.39, 0.29) is 11.6 Å². The fourth-order valence-electron chi connectivity index (χ4n) is 3.06. The van der Waals surface area contributed by atoms with Crippen molar-refractivity contribution in [2.75, 3.05) is 0 Å². The lowest BCUT2D eigenvalue weighted by Crippen LogP contribution is -1.99. The van der Waals surface area contributed by atoms with Crippen molar-refractivity contribution in [2.45, 2.75) is 13.8 Å². The third-order valence-corrected chi connectivity index (χ3v) is 4.42. The number of rotatable bonds is 3. The first kappa shape index (κ1) is 16.1. The van der Waals surface area contributed by atoms with E-state index in [1.165, 1.54) is 13.0 Å². The van der Waals surface area contributed by atoms with Gasteiger partial charge in [-0.05, 0) is 48.9 Å². The van der Waals surface area contributed by atoms with Gasteiger partial charge in [0.15, 0.2) is 5.78 Å². The number of nitrogens with zero attached hydrogens (tertiary/aromatic N) is 3. The van der Waals surface area contributed by atoms with Crippen LogP contribution in [-0.2, 0) is 0 Å². The number of hydrogen-bond donors (Lipinski definition) is 0. The van der Waals surface area contributed by atoms with Crippen LogP contribution < -0.4 is 0 Å². The Hall–Kier alpha value is -3.34. The highest BCUT2D eigenvalue weighted by molar-refractivity contribution is 5.93. The van der Waals surface area contributed by atoms with E-state index in [2.05, 4.69) is 9.97 Å². The van der Waals surface area contributed by atoms with Gasteiger partial charge >= 0.3 is 0 Å². The van der Waals surface area contributed by atoms with Crippen LogP contribution in [0.3, 0.4) is 0 Å². The Morgan fingerprint density at radius 1 is 1.08 bits per heavy atom.